The summed E-state index contributed by atoms with van der Waals surface area (Å²) in [6, 6.07) is 7.14. The van der Waals surface area contributed by atoms with E-state index >= 15 is 0 Å². The quantitative estimate of drug-likeness (QED) is 0.929. The molecule has 0 bridgehead atoms. The lowest BCUT2D eigenvalue weighted by molar-refractivity contribution is -0.148. The Bertz CT molecular complexity index is 514. The number of hydrogen-bond acceptors (Lipinski definition) is 2. The summed E-state index contributed by atoms with van der Waals surface area (Å²) in [7, 11) is 0. The number of carboxylic acids is 1. The summed E-state index contributed by atoms with van der Waals surface area (Å²) >= 11 is 5.81. The number of hydrogen-bond donors (Lipinski definition) is 1. The Morgan fingerprint density at radius 1 is 1.35 bits per heavy atom. The number of carbonyl (C=O) groups excluding carboxylic acids is 1. The number of carbonyl (C=O) groups is 2. The second-order valence-corrected chi connectivity index (χ2v) is 5.74. The molecule has 4 nitrogen and oxygen atoms in total. The van der Waals surface area contributed by atoms with E-state index in [2.05, 4.69) is 0 Å². The fourth-order valence-electron chi connectivity index (χ4n) is 2.59. The maximum absolute atomic E-state index is 12.2. The van der Waals surface area contributed by atoms with Gasteiger partial charge in [-0.15, -0.1) is 0 Å². The molecule has 1 unspecified atom stereocenters. The Morgan fingerprint density at radius 2 is 2.00 bits per heavy atom. The SMILES string of the molecule is CCC1(C(=O)O)CCN(C(=O)Cc2ccc(Cl)cc2)C1. The van der Waals surface area contributed by atoms with Gasteiger partial charge in [0, 0.05) is 18.1 Å². The van der Waals surface area contributed by atoms with Crippen molar-refractivity contribution in [3.63, 3.8) is 0 Å². The first kappa shape index (κ1) is 14.9. The Balaban J connectivity index is 2.01. The zero-order valence-electron chi connectivity index (χ0n) is 11.4. The number of benzene rings is 1. The van der Waals surface area contributed by atoms with Crippen LogP contribution in [-0.4, -0.2) is 35.0 Å². The highest BCUT2D eigenvalue weighted by Crippen LogP contribution is 2.34. The lowest BCUT2D eigenvalue weighted by Gasteiger charge is -2.23. The minimum Gasteiger partial charge on any atom is -0.481 e. The molecule has 1 heterocycles. The van der Waals surface area contributed by atoms with Crippen LogP contribution in [0.4, 0.5) is 0 Å². The molecule has 1 atom stereocenters. The summed E-state index contributed by atoms with van der Waals surface area (Å²) in [5.74, 6) is -0.828. The van der Waals surface area contributed by atoms with Gasteiger partial charge in [0.2, 0.25) is 5.91 Å². The van der Waals surface area contributed by atoms with E-state index < -0.39 is 11.4 Å². The number of likely N-dealkylation sites (tertiary alicyclic amines) is 1. The van der Waals surface area contributed by atoms with E-state index in [9.17, 15) is 14.7 Å². The van der Waals surface area contributed by atoms with Gasteiger partial charge in [0.25, 0.3) is 0 Å². The van der Waals surface area contributed by atoms with Gasteiger partial charge in [-0.05, 0) is 30.5 Å². The first-order chi connectivity index (χ1) is 9.47. The molecule has 2 rings (SSSR count). The number of rotatable bonds is 4. The van der Waals surface area contributed by atoms with Crippen molar-refractivity contribution in [2.45, 2.75) is 26.2 Å². The topological polar surface area (TPSA) is 57.6 Å². The number of carboxylic acid groups (broad SMARTS) is 1. The van der Waals surface area contributed by atoms with Crippen LogP contribution in [0.3, 0.4) is 0 Å². The van der Waals surface area contributed by atoms with E-state index in [0.29, 0.717) is 31.0 Å². The van der Waals surface area contributed by atoms with Gasteiger partial charge in [-0.25, -0.2) is 0 Å². The molecule has 1 amide bonds. The summed E-state index contributed by atoms with van der Waals surface area (Å²) in [4.78, 5) is 25.3. The van der Waals surface area contributed by atoms with Gasteiger partial charge in [0.15, 0.2) is 0 Å². The molecule has 1 N–H and O–H groups in total. The van der Waals surface area contributed by atoms with E-state index in [1.54, 1.807) is 17.0 Å². The average Bonchev–Trinajstić information content (AvgIpc) is 2.87. The monoisotopic (exact) mass is 295 g/mol. The molecule has 1 aliphatic heterocycles. The number of aliphatic carboxylic acids is 1. The third-order valence-electron chi connectivity index (χ3n) is 4.11. The van der Waals surface area contributed by atoms with Crippen molar-refractivity contribution in [3.8, 4) is 0 Å². The first-order valence-electron chi connectivity index (χ1n) is 6.72. The van der Waals surface area contributed by atoms with Gasteiger partial charge in [-0.1, -0.05) is 30.7 Å². The Hall–Kier alpha value is -1.55. The summed E-state index contributed by atoms with van der Waals surface area (Å²) in [6.45, 7) is 2.69. The van der Waals surface area contributed by atoms with Crippen LogP contribution in [0, 0.1) is 5.41 Å². The molecule has 1 aliphatic rings. The Labute approximate surface area is 123 Å². The van der Waals surface area contributed by atoms with Crippen molar-refractivity contribution in [1.82, 2.24) is 4.90 Å². The fourth-order valence-corrected chi connectivity index (χ4v) is 2.71. The van der Waals surface area contributed by atoms with E-state index in [0.717, 1.165) is 5.56 Å². The van der Waals surface area contributed by atoms with Crippen molar-refractivity contribution in [3.05, 3.63) is 34.9 Å². The predicted octanol–water partition coefficient (Wildman–Crippen LogP) is 2.60. The zero-order valence-corrected chi connectivity index (χ0v) is 12.2. The molecule has 0 saturated carbocycles. The maximum atomic E-state index is 12.2. The molecule has 108 valence electrons. The molecule has 1 saturated heterocycles. The molecule has 0 spiro atoms. The third-order valence-corrected chi connectivity index (χ3v) is 4.36. The van der Waals surface area contributed by atoms with Gasteiger partial charge in [-0.3, -0.25) is 9.59 Å². The number of nitrogens with zero attached hydrogens (tertiary/aromatic N) is 1. The molecule has 20 heavy (non-hydrogen) atoms. The van der Waals surface area contributed by atoms with Gasteiger partial charge in [0.05, 0.1) is 11.8 Å². The van der Waals surface area contributed by atoms with Crippen molar-refractivity contribution in [1.29, 1.82) is 0 Å². The number of amides is 1. The predicted molar refractivity (Wildman–Crippen MR) is 76.7 cm³/mol. The van der Waals surface area contributed by atoms with E-state index in [4.69, 9.17) is 11.6 Å². The van der Waals surface area contributed by atoms with Crippen molar-refractivity contribution < 1.29 is 14.7 Å². The van der Waals surface area contributed by atoms with Crippen LogP contribution in [0.2, 0.25) is 5.02 Å². The zero-order chi connectivity index (χ0) is 14.8. The molecule has 1 aromatic rings. The second-order valence-electron chi connectivity index (χ2n) is 5.31. The standard InChI is InChI=1S/C15H18ClNO3/c1-2-15(14(19)20)7-8-17(10-15)13(18)9-11-3-5-12(16)6-4-11/h3-6H,2,7-10H2,1H3,(H,19,20). The van der Waals surface area contributed by atoms with Gasteiger partial charge < -0.3 is 10.0 Å². The van der Waals surface area contributed by atoms with Crippen LogP contribution >= 0.6 is 11.6 Å². The van der Waals surface area contributed by atoms with Crippen LogP contribution in [0.5, 0.6) is 0 Å². The summed E-state index contributed by atoms with van der Waals surface area (Å²) in [6.07, 6.45) is 1.37. The van der Waals surface area contributed by atoms with Gasteiger partial charge >= 0.3 is 5.97 Å². The largest absolute Gasteiger partial charge is 0.481 e. The van der Waals surface area contributed by atoms with Gasteiger partial charge in [-0.2, -0.15) is 0 Å². The van der Waals surface area contributed by atoms with Crippen LogP contribution in [0.25, 0.3) is 0 Å². The van der Waals surface area contributed by atoms with Crippen LogP contribution in [0.15, 0.2) is 24.3 Å². The lowest BCUT2D eigenvalue weighted by atomic mass is 9.84. The molecule has 0 aromatic heterocycles. The highest BCUT2D eigenvalue weighted by Gasteiger charge is 2.44. The second kappa shape index (κ2) is 5.83. The van der Waals surface area contributed by atoms with E-state index in [1.165, 1.54) is 0 Å². The van der Waals surface area contributed by atoms with Crippen LogP contribution < -0.4 is 0 Å². The average molecular weight is 296 g/mol. The number of halogens is 1. The minimum absolute atomic E-state index is 0.0242. The molecule has 5 heteroatoms. The fraction of sp³-hybridized carbons (Fsp3) is 0.467. The molecular weight excluding hydrogens is 278 g/mol. The summed E-state index contributed by atoms with van der Waals surface area (Å²) < 4.78 is 0. The van der Waals surface area contributed by atoms with Crippen molar-refractivity contribution in [2.24, 2.45) is 5.41 Å². The van der Waals surface area contributed by atoms with Crippen molar-refractivity contribution >= 4 is 23.5 Å². The third kappa shape index (κ3) is 2.96. The van der Waals surface area contributed by atoms with Crippen LogP contribution in [-0.2, 0) is 16.0 Å². The highest BCUT2D eigenvalue weighted by molar-refractivity contribution is 6.30. The smallest absolute Gasteiger partial charge is 0.311 e. The van der Waals surface area contributed by atoms with Crippen molar-refractivity contribution in [2.75, 3.05) is 13.1 Å². The summed E-state index contributed by atoms with van der Waals surface area (Å²) in [5, 5.41) is 9.97. The lowest BCUT2D eigenvalue weighted by Crippen LogP contribution is -2.37. The van der Waals surface area contributed by atoms with Crippen LogP contribution in [0.1, 0.15) is 25.3 Å². The highest BCUT2D eigenvalue weighted by atomic mass is 35.5. The van der Waals surface area contributed by atoms with E-state index in [1.807, 2.05) is 19.1 Å². The normalized spacial score (nSPS) is 22.0. The molecule has 0 radical (unpaired) electrons. The first-order valence-corrected chi connectivity index (χ1v) is 7.10. The molecular formula is C15H18ClNO3. The summed E-state index contributed by atoms with van der Waals surface area (Å²) in [5.41, 5.74) is 0.124. The maximum Gasteiger partial charge on any atom is 0.311 e. The van der Waals surface area contributed by atoms with Gasteiger partial charge in [0.1, 0.15) is 0 Å². The Morgan fingerprint density at radius 3 is 2.50 bits per heavy atom. The minimum atomic E-state index is -0.804. The molecule has 0 aliphatic carbocycles. The Kier molecular flexibility index (Phi) is 4.33. The molecule has 1 fully saturated rings. The molecule has 1 aromatic carbocycles. The van der Waals surface area contributed by atoms with E-state index in [-0.39, 0.29) is 12.3 Å².